The molecule has 0 bridgehead atoms. The van der Waals surface area contributed by atoms with E-state index in [0.29, 0.717) is 5.41 Å². The summed E-state index contributed by atoms with van der Waals surface area (Å²) < 4.78 is 0. The molecule has 1 saturated carbocycles. The van der Waals surface area contributed by atoms with Crippen LogP contribution >= 0.6 is 0 Å². The Balaban J connectivity index is 2.00. The summed E-state index contributed by atoms with van der Waals surface area (Å²) in [5.74, 6) is 0.736. The molecule has 1 aromatic rings. The van der Waals surface area contributed by atoms with Gasteiger partial charge in [0.1, 0.15) is 0 Å². The fraction of sp³-hybridized carbons (Fsp3) is 0.625. The van der Waals surface area contributed by atoms with Crippen LogP contribution in [0.4, 0.5) is 0 Å². The standard InChI is InChI=1S/C16H23N/c17-12-8-15-14-6-2-1-5-13(14)7-11-16(15)9-3-4-10-16/h1-2,5-6,15H,3-4,7-12,17H2. The largest absolute Gasteiger partial charge is 0.330 e. The molecule has 92 valence electrons. The first-order chi connectivity index (χ1) is 8.36. The van der Waals surface area contributed by atoms with Crippen LogP contribution in [0.5, 0.6) is 0 Å². The predicted octanol–water partition coefficient (Wildman–Crippen LogP) is 3.63. The molecule has 1 aromatic carbocycles. The number of rotatable bonds is 2. The maximum absolute atomic E-state index is 5.87. The first-order valence-corrected chi connectivity index (χ1v) is 7.14. The van der Waals surface area contributed by atoms with Crippen LogP contribution in [0.25, 0.3) is 0 Å². The van der Waals surface area contributed by atoms with Crippen molar-refractivity contribution in [3.63, 3.8) is 0 Å². The molecule has 1 nitrogen and oxygen atoms in total. The van der Waals surface area contributed by atoms with E-state index in [4.69, 9.17) is 5.73 Å². The van der Waals surface area contributed by atoms with Gasteiger partial charge in [-0.3, -0.25) is 0 Å². The Hall–Kier alpha value is -0.820. The van der Waals surface area contributed by atoms with Crippen molar-refractivity contribution in [1.82, 2.24) is 0 Å². The second-order valence-electron chi connectivity index (χ2n) is 5.90. The second kappa shape index (κ2) is 4.45. The molecule has 2 N–H and O–H groups in total. The van der Waals surface area contributed by atoms with Gasteiger partial charge in [-0.2, -0.15) is 0 Å². The predicted molar refractivity (Wildman–Crippen MR) is 72.1 cm³/mol. The molecule has 0 radical (unpaired) electrons. The van der Waals surface area contributed by atoms with E-state index in [1.54, 1.807) is 11.1 Å². The van der Waals surface area contributed by atoms with Crippen molar-refractivity contribution in [3.05, 3.63) is 35.4 Å². The molecule has 0 aliphatic heterocycles. The third-order valence-electron chi connectivity index (χ3n) is 5.12. The molecule has 0 saturated heterocycles. The molecule has 3 rings (SSSR count). The summed E-state index contributed by atoms with van der Waals surface area (Å²) >= 11 is 0. The fourth-order valence-corrected chi connectivity index (χ4v) is 4.30. The van der Waals surface area contributed by atoms with Gasteiger partial charge in [-0.1, -0.05) is 37.1 Å². The van der Waals surface area contributed by atoms with E-state index in [1.807, 2.05) is 0 Å². The van der Waals surface area contributed by atoms with Crippen molar-refractivity contribution in [3.8, 4) is 0 Å². The van der Waals surface area contributed by atoms with Crippen molar-refractivity contribution in [2.24, 2.45) is 11.1 Å². The maximum atomic E-state index is 5.87. The zero-order valence-corrected chi connectivity index (χ0v) is 10.6. The summed E-state index contributed by atoms with van der Waals surface area (Å²) in [5, 5.41) is 0. The van der Waals surface area contributed by atoms with Crippen LogP contribution in [-0.4, -0.2) is 6.54 Å². The molecule has 1 unspecified atom stereocenters. The normalized spacial score (nSPS) is 26.1. The topological polar surface area (TPSA) is 26.0 Å². The summed E-state index contributed by atoms with van der Waals surface area (Å²) in [5.41, 5.74) is 9.68. The first-order valence-electron chi connectivity index (χ1n) is 7.14. The lowest BCUT2D eigenvalue weighted by atomic mass is 9.62. The summed E-state index contributed by atoms with van der Waals surface area (Å²) in [6, 6.07) is 9.07. The Morgan fingerprint density at radius 1 is 1.12 bits per heavy atom. The average molecular weight is 229 g/mol. The van der Waals surface area contributed by atoms with Crippen molar-refractivity contribution >= 4 is 0 Å². The summed E-state index contributed by atoms with van der Waals surface area (Å²) in [6.45, 7) is 0.834. The van der Waals surface area contributed by atoms with Gasteiger partial charge in [0.05, 0.1) is 0 Å². The molecule has 2 aliphatic carbocycles. The van der Waals surface area contributed by atoms with E-state index in [-0.39, 0.29) is 0 Å². The lowest BCUT2D eigenvalue weighted by Gasteiger charge is -2.43. The Kier molecular flexibility index (Phi) is 2.96. The highest BCUT2D eigenvalue weighted by Gasteiger charge is 2.43. The molecular weight excluding hydrogens is 206 g/mol. The third-order valence-corrected chi connectivity index (χ3v) is 5.12. The van der Waals surface area contributed by atoms with Crippen LogP contribution in [0, 0.1) is 5.41 Å². The molecule has 1 heteroatoms. The number of hydrogen-bond donors (Lipinski definition) is 1. The minimum absolute atomic E-state index is 0.605. The minimum Gasteiger partial charge on any atom is -0.330 e. The van der Waals surface area contributed by atoms with Crippen LogP contribution in [0.3, 0.4) is 0 Å². The highest BCUT2D eigenvalue weighted by molar-refractivity contribution is 5.35. The Morgan fingerprint density at radius 3 is 2.65 bits per heavy atom. The van der Waals surface area contributed by atoms with Crippen LogP contribution in [0.2, 0.25) is 0 Å². The Morgan fingerprint density at radius 2 is 1.88 bits per heavy atom. The highest BCUT2D eigenvalue weighted by atomic mass is 14.6. The number of aryl methyl sites for hydroxylation is 1. The third kappa shape index (κ3) is 1.81. The molecule has 0 amide bonds. The Bertz CT molecular complexity index is 390. The van der Waals surface area contributed by atoms with E-state index in [1.165, 1.54) is 44.9 Å². The molecule has 1 spiro atoms. The Labute approximate surface area is 104 Å². The number of nitrogens with two attached hydrogens (primary N) is 1. The minimum atomic E-state index is 0.605. The first kappa shape index (κ1) is 11.3. The zero-order valence-electron chi connectivity index (χ0n) is 10.6. The van der Waals surface area contributed by atoms with Crippen LogP contribution in [0.15, 0.2) is 24.3 Å². The van der Waals surface area contributed by atoms with Crippen LogP contribution in [-0.2, 0) is 6.42 Å². The molecule has 0 heterocycles. The van der Waals surface area contributed by atoms with Gasteiger partial charge in [-0.15, -0.1) is 0 Å². The maximum Gasteiger partial charge on any atom is -0.00712 e. The molecule has 1 atom stereocenters. The van der Waals surface area contributed by atoms with Crippen LogP contribution in [0.1, 0.15) is 55.6 Å². The number of benzene rings is 1. The summed E-state index contributed by atoms with van der Waals surface area (Å²) in [4.78, 5) is 0. The molecular formula is C16H23N. The molecule has 17 heavy (non-hydrogen) atoms. The summed E-state index contributed by atoms with van der Waals surface area (Å²) in [7, 11) is 0. The molecule has 0 aromatic heterocycles. The molecule has 1 fully saturated rings. The quantitative estimate of drug-likeness (QED) is 0.823. The van der Waals surface area contributed by atoms with Crippen molar-refractivity contribution in [1.29, 1.82) is 0 Å². The highest BCUT2D eigenvalue weighted by Crippen LogP contribution is 2.56. The monoisotopic (exact) mass is 229 g/mol. The summed E-state index contributed by atoms with van der Waals surface area (Å²) in [6.07, 6.45) is 9.60. The average Bonchev–Trinajstić information content (AvgIpc) is 2.83. The lowest BCUT2D eigenvalue weighted by molar-refractivity contribution is 0.187. The van der Waals surface area contributed by atoms with E-state index < -0.39 is 0 Å². The smallest absolute Gasteiger partial charge is 0.00712 e. The molecule has 2 aliphatic rings. The van der Waals surface area contributed by atoms with Gasteiger partial charge >= 0.3 is 0 Å². The number of fused-ring (bicyclic) bond motifs is 1. The van der Waals surface area contributed by atoms with Gasteiger partial charge in [0, 0.05) is 0 Å². The van der Waals surface area contributed by atoms with Gasteiger partial charge in [-0.25, -0.2) is 0 Å². The fourth-order valence-electron chi connectivity index (χ4n) is 4.30. The second-order valence-corrected chi connectivity index (χ2v) is 5.90. The van der Waals surface area contributed by atoms with E-state index >= 15 is 0 Å². The van der Waals surface area contributed by atoms with Crippen LogP contribution < -0.4 is 5.73 Å². The van der Waals surface area contributed by atoms with E-state index in [0.717, 1.165) is 12.5 Å². The van der Waals surface area contributed by atoms with Gasteiger partial charge in [0.15, 0.2) is 0 Å². The van der Waals surface area contributed by atoms with Gasteiger partial charge in [0.2, 0.25) is 0 Å². The van der Waals surface area contributed by atoms with Gasteiger partial charge in [-0.05, 0) is 61.1 Å². The van der Waals surface area contributed by atoms with Gasteiger partial charge in [0.25, 0.3) is 0 Å². The van der Waals surface area contributed by atoms with E-state index in [2.05, 4.69) is 24.3 Å². The SMILES string of the molecule is NCCC1c2ccccc2CCC12CCCC2. The van der Waals surface area contributed by atoms with E-state index in [9.17, 15) is 0 Å². The zero-order chi connectivity index (χ0) is 11.7. The number of hydrogen-bond acceptors (Lipinski definition) is 1. The van der Waals surface area contributed by atoms with Crippen molar-refractivity contribution in [2.75, 3.05) is 6.54 Å². The van der Waals surface area contributed by atoms with Gasteiger partial charge < -0.3 is 5.73 Å². The lowest BCUT2D eigenvalue weighted by Crippen LogP contribution is -2.32. The van der Waals surface area contributed by atoms with Crippen molar-refractivity contribution < 1.29 is 0 Å². The van der Waals surface area contributed by atoms with Crippen molar-refractivity contribution in [2.45, 2.75) is 50.9 Å².